The summed E-state index contributed by atoms with van der Waals surface area (Å²) in [5.41, 5.74) is 2.28. The van der Waals surface area contributed by atoms with Crippen molar-refractivity contribution < 1.29 is 0 Å². The van der Waals surface area contributed by atoms with Gasteiger partial charge in [-0.15, -0.1) is 10.2 Å². The highest BCUT2D eigenvalue weighted by Crippen LogP contribution is 2.21. The van der Waals surface area contributed by atoms with Gasteiger partial charge in [0.2, 0.25) is 0 Å². The molecule has 1 unspecified atom stereocenters. The van der Waals surface area contributed by atoms with Crippen molar-refractivity contribution in [3.05, 3.63) is 66.1 Å². The average molecular weight is 348 g/mol. The number of pyridine rings is 1. The van der Waals surface area contributed by atoms with Crippen LogP contribution in [-0.4, -0.2) is 45.6 Å². The highest BCUT2D eigenvalue weighted by Gasteiger charge is 2.25. The van der Waals surface area contributed by atoms with Crippen LogP contribution in [0.2, 0.25) is 0 Å². The maximum absolute atomic E-state index is 4.47. The van der Waals surface area contributed by atoms with Crippen LogP contribution in [0.4, 0.5) is 0 Å². The molecule has 1 aromatic carbocycles. The summed E-state index contributed by atoms with van der Waals surface area (Å²) in [6, 6.07) is 16.7. The molecule has 0 amide bonds. The molecule has 0 saturated carbocycles. The molecule has 134 valence electrons. The van der Waals surface area contributed by atoms with E-state index in [1.54, 1.807) is 0 Å². The molecule has 4 rings (SSSR count). The van der Waals surface area contributed by atoms with Crippen molar-refractivity contribution in [1.82, 2.24) is 24.8 Å². The fourth-order valence-electron chi connectivity index (χ4n) is 3.64. The van der Waals surface area contributed by atoms with Gasteiger partial charge in [0.05, 0.1) is 6.54 Å². The lowest BCUT2D eigenvalue weighted by Gasteiger charge is -2.21. The Balaban J connectivity index is 1.36. The fraction of sp³-hybridized carbons (Fsp3) is 0.350. The van der Waals surface area contributed by atoms with Gasteiger partial charge in [-0.2, -0.15) is 0 Å². The van der Waals surface area contributed by atoms with Crippen LogP contribution in [0, 0.1) is 5.92 Å². The van der Waals surface area contributed by atoms with E-state index in [4.69, 9.17) is 0 Å². The largest absolute Gasteiger partial charge is 0.349 e. The van der Waals surface area contributed by atoms with Gasteiger partial charge in [0.25, 0.3) is 0 Å². The van der Waals surface area contributed by atoms with Crippen molar-refractivity contribution in [3.8, 4) is 0 Å². The highest BCUT2D eigenvalue weighted by atomic mass is 15.3. The van der Waals surface area contributed by atoms with Crippen molar-refractivity contribution in [2.45, 2.75) is 19.4 Å². The maximum Gasteiger partial charge on any atom is 0.194 e. The number of aliphatic imine (C=N–C) groups is 1. The van der Waals surface area contributed by atoms with E-state index in [2.05, 4.69) is 55.7 Å². The molecule has 2 aromatic heterocycles. The molecular weight excluding hydrogens is 324 g/mol. The van der Waals surface area contributed by atoms with Crippen LogP contribution < -0.4 is 5.32 Å². The minimum atomic E-state index is 0.609. The molecule has 26 heavy (non-hydrogen) atoms. The van der Waals surface area contributed by atoms with Gasteiger partial charge >= 0.3 is 0 Å². The molecule has 6 nitrogen and oxygen atoms in total. The van der Waals surface area contributed by atoms with E-state index < -0.39 is 0 Å². The molecule has 1 N–H and O–H groups in total. The van der Waals surface area contributed by atoms with Gasteiger partial charge in [-0.25, -0.2) is 0 Å². The van der Waals surface area contributed by atoms with E-state index in [9.17, 15) is 0 Å². The summed E-state index contributed by atoms with van der Waals surface area (Å²) in [5.74, 6) is 2.50. The topological polar surface area (TPSA) is 57.8 Å². The number of nitrogens with zero attached hydrogens (tertiary/aromatic N) is 5. The van der Waals surface area contributed by atoms with Crippen LogP contribution in [0.3, 0.4) is 0 Å². The number of likely N-dealkylation sites (tertiary alicyclic amines) is 1. The first kappa shape index (κ1) is 16.6. The van der Waals surface area contributed by atoms with Gasteiger partial charge in [-0.1, -0.05) is 36.4 Å². The molecule has 1 aliphatic heterocycles. The molecule has 3 aromatic rings. The van der Waals surface area contributed by atoms with E-state index in [-0.39, 0.29) is 0 Å². The number of aromatic nitrogens is 3. The molecule has 0 aliphatic carbocycles. The predicted octanol–water partition coefficient (Wildman–Crippen LogP) is 2.37. The predicted molar refractivity (Wildman–Crippen MR) is 103 cm³/mol. The van der Waals surface area contributed by atoms with Crippen molar-refractivity contribution >= 4 is 11.6 Å². The minimum absolute atomic E-state index is 0.609. The number of nitrogens with one attached hydrogen (secondary N) is 1. The van der Waals surface area contributed by atoms with Crippen molar-refractivity contribution in [2.75, 3.05) is 20.1 Å². The molecule has 0 radical (unpaired) electrons. The first-order valence-corrected chi connectivity index (χ1v) is 9.11. The van der Waals surface area contributed by atoms with E-state index in [1.165, 1.54) is 12.0 Å². The zero-order valence-electron chi connectivity index (χ0n) is 15.0. The molecule has 1 saturated heterocycles. The highest BCUT2D eigenvalue weighted by molar-refractivity contribution is 5.80. The smallest absolute Gasteiger partial charge is 0.194 e. The molecule has 0 spiro atoms. The lowest BCUT2D eigenvalue weighted by atomic mass is 9.99. The second-order valence-electron chi connectivity index (χ2n) is 6.74. The molecule has 6 heteroatoms. The number of guanidine groups is 1. The third-order valence-corrected chi connectivity index (χ3v) is 4.95. The Labute approximate surface area is 153 Å². The zero-order valence-corrected chi connectivity index (χ0v) is 15.0. The van der Waals surface area contributed by atoms with Crippen LogP contribution in [0.1, 0.15) is 17.8 Å². The van der Waals surface area contributed by atoms with Gasteiger partial charge in [-0.05, 0) is 36.5 Å². The lowest BCUT2D eigenvalue weighted by molar-refractivity contribution is 0.458. The normalized spacial score (nSPS) is 17.8. The quantitative estimate of drug-likeness (QED) is 0.581. The Morgan fingerprint density at radius 2 is 2.00 bits per heavy atom. The fourth-order valence-corrected chi connectivity index (χ4v) is 3.64. The Morgan fingerprint density at radius 1 is 1.15 bits per heavy atom. The summed E-state index contributed by atoms with van der Waals surface area (Å²) < 4.78 is 2.00. The maximum atomic E-state index is 4.47. The van der Waals surface area contributed by atoms with E-state index >= 15 is 0 Å². The van der Waals surface area contributed by atoms with Crippen molar-refractivity contribution in [3.63, 3.8) is 0 Å². The van der Waals surface area contributed by atoms with E-state index in [0.29, 0.717) is 12.5 Å². The van der Waals surface area contributed by atoms with Crippen LogP contribution in [-0.2, 0) is 13.0 Å². The molecule has 1 fully saturated rings. The molecular formula is C20H24N6. The molecule has 3 heterocycles. The van der Waals surface area contributed by atoms with Crippen LogP contribution in [0.25, 0.3) is 5.65 Å². The van der Waals surface area contributed by atoms with Crippen molar-refractivity contribution in [1.29, 1.82) is 0 Å². The Hall–Kier alpha value is -2.89. The summed E-state index contributed by atoms with van der Waals surface area (Å²) in [7, 11) is 1.84. The Kier molecular flexibility index (Phi) is 4.82. The molecule has 1 atom stereocenters. The van der Waals surface area contributed by atoms with Gasteiger partial charge < -0.3 is 10.2 Å². The summed E-state index contributed by atoms with van der Waals surface area (Å²) >= 11 is 0. The van der Waals surface area contributed by atoms with Crippen LogP contribution in [0.15, 0.2) is 59.7 Å². The number of fused-ring (bicyclic) bond motifs is 1. The van der Waals surface area contributed by atoms with Crippen LogP contribution >= 0.6 is 0 Å². The van der Waals surface area contributed by atoms with Gasteiger partial charge in [-0.3, -0.25) is 9.39 Å². The monoisotopic (exact) mass is 348 g/mol. The third kappa shape index (κ3) is 3.54. The summed E-state index contributed by atoms with van der Waals surface area (Å²) in [4.78, 5) is 6.81. The van der Waals surface area contributed by atoms with Gasteiger partial charge in [0.15, 0.2) is 17.4 Å². The van der Waals surface area contributed by atoms with E-state index in [1.807, 2.05) is 35.8 Å². The number of benzene rings is 1. The lowest BCUT2D eigenvalue weighted by Crippen LogP contribution is -2.40. The van der Waals surface area contributed by atoms with E-state index in [0.717, 1.165) is 36.9 Å². The van der Waals surface area contributed by atoms with Crippen LogP contribution in [0.5, 0.6) is 0 Å². The van der Waals surface area contributed by atoms with Gasteiger partial charge in [0, 0.05) is 26.3 Å². The standard InChI is InChI=1S/C20H24N6/c1-21-20(22-14-19-24-23-18-9-5-6-11-26(18)19)25-12-10-17(15-25)13-16-7-3-2-4-8-16/h2-9,11,17H,10,12-15H2,1H3,(H,21,22). The Morgan fingerprint density at radius 3 is 2.85 bits per heavy atom. The summed E-state index contributed by atoms with van der Waals surface area (Å²) in [6.07, 6.45) is 4.31. The second-order valence-corrected chi connectivity index (χ2v) is 6.74. The molecule has 1 aliphatic rings. The van der Waals surface area contributed by atoms with Gasteiger partial charge in [0.1, 0.15) is 0 Å². The second kappa shape index (κ2) is 7.56. The molecule has 0 bridgehead atoms. The average Bonchev–Trinajstić information content (AvgIpc) is 3.31. The number of hydrogen-bond acceptors (Lipinski definition) is 3. The summed E-state index contributed by atoms with van der Waals surface area (Å²) in [5, 5.41) is 11.9. The van der Waals surface area contributed by atoms with Crippen molar-refractivity contribution in [2.24, 2.45) is 10.9 Å². The zero-order chi connectivity index (χ0) is 17.8. The minimum Gasteiger partial charge on any atom is -0.349 e. The SMILES string of the molecule is CN=C(NCc1nnc2ccccn12)N1CCC(Cc2ccccc2)C1. The number of hydrogen-bond donors (Lipinski definition) is 1. The number of rotatable bonds is 4. The first-order valence-electron chi connectivity index (χ1n) is 9.11. The third-order valence-electron chi connectivity index (χ3n) is 4.95. The Bertz CT molecular complexity index is 885. The first-order chi connectivity index (χ1) is 12.8. The summed E-state index contributed by atoms with van der Waals surface area (Å²) in [6.45, 7) is 2.69.